The molecule has 19 heavy (non-hydrogen) atoms. The lowest BCUT2D eigenvalue weighted by Gasteiger charge is -2.35. The first-order chi connectivity index (χ1) is 9.02. The maximum atomic E-state index is 13.7. The van der Waals surface area contributed by atoms with Gasteiger partial charge in [0.25, 0.3) is 0 Å². The van der Waals surface area contributed by atoms with Gasteiger partial charge in [0.1, 0.15) is 5.82 Å². The number of hydrogen-bond acceptors (Lipinski definition) is 4. The van der Waals surface area contributed by atoms with E-state index in [1.165, 1.54) is 6.07 Å². The van der Waals surface area contributed by atoms with Crippen molar-refractivity contribution in [3.05, 3.63) is 29.1 Å². The number of aliphatic hydroxyl groups is 1. The summed E-state index contributed by atoms with van der Waals surface area (Å²) in [6, 6.07) is 3.10. The van der Waals surface area contributed by atoms with Gasteiger partial charge < -0.3 is 20.5 Å². The molecule has 1 aliphatic rings. The van der Waals surface area contributed by atoms with Crippen LogP contribution in [0.2, 0.25) is 0 Å². The largest absolute Gasteiger partial charge is 0.394 e. The van der Waals surface area contributed by atoms with E-state index in [0.717, 1.165) is 17.8 Å². The van der Waals surface area contributed by atoms with Crippen LogP contribution in [0.25, 0.3) is 0 Å². The molecule has 1 fully saturated rings. The van der Waals surface area contributed by atoms with Gasteiger partial charge >= 0.3 is 0 Å². The van der Waals surface area contributed by atoms with Gasteiger partial charge in [-0.3, -0.25) is 0 Å². The molecule has 2 atom stereocenters. The molecule has 5 heteroatoms. The second-order valence-corrected chi connectivity index (χ2v) is 5.07. The molecule has 106 valence electrons. The van der Waals surface area contributed by atoms with Crippen LogP contribution in [-0.2, 0) is 4.74 Å². The average Bonchev–Trinajstić information content (AvgIpc) is 2.41. The number of nitrogens with two attached hydrogens (primary N) is 1. The predicted octanol–water partition coefficient (Wildman–Crippen LogP) is 1.35. The van der Waals surface area contributed by atoms with E-state index in [-0.39, 0.29) is 24.6 Å². The molecule has 4 nitrogen and oxygen atoms in total. The molecule has 2 rings (SSSR count). The number of rotatable bonds is 3. The van der Waals surface area contributed by atoms with Gasteiger partial charge in [-0.05, 0) is 37.1 Å². The zero-order valence-corrected chi connectivity index (χ0v) is 11.4. The van der Waals surface area contributed by atoms with Crippen molar-refractivity contribution in [1.82, 2.24) is 0 Å². The molecule has 1 heterocycles. The topological polar surface area (TPSA) is 58.7 Å². The molecule has 0 aliphatic carbocycles. The third-order valence-electron chi connectivity index (χ3n) is 3.48. The number of benzene rings is 1. The van der Waals surface area contributed by atoms with E-state index in [2.05, 4.69) is 4.90 Å². The first kappa shape index (κ1) is 14.2. The van der Waals surface area contributed by atoms with Gasteiger partial charge in [0.2, 0.25) is 0 Å². The van der Waals surface area contributed by atoms with Crippen LogP contribution >= 0.6 is 0 Å². The average molecular weight is 268 g/mol. The van der Waals surface area contributed by atoms with Crippen molar-refractivity contribution in [1.29, 1.82) is 0 Å². The number of anilines is 1. The van der Waals surface area contributed by atoms with Gasteiger partial charge in [0.15, 0.2) is 0 Å². The Bertz CT molecular complexity index is 451. The van der Waals surface area contributed by atoms with E-state index in [4.69, 9.17) is 10.5 Å². The zero-order valence-electron chi connectivity index (χ0n) is 11.4. The van der Waals surface area contributed by atoms with Crippen molar-refractivity contribution < 1.29 is 14.2 Å². The van der Waals surface area contributed by atoms with Crippen LogP contribution < -0.4 is 10.6 Å². The molecule has 0 amide bonds. The Kier molecular flexibility index (Phi) is 4.39. The SMILES string of the molecule is Cc1cc(N2CCOC(CO)C2)c(C(C)N)cc1F. The summed E-state index contributed by atoms with van der Waals surface area (Å²) in [4.78, 5) is 2.11. The molecule has 0 saturated carbocycles. The van der Waals surface area contributed by atoms with E-state index in [0.29, 0.717) is 18.7 Å². The summed E-state index contributed by atoms with van der Waals surface area (Å²) in [5, 5.41) is 9.20. The summed E-state index contributed by atoms with van der Waals surface area (Å²) < 4.78 is 19.1. The lowest BCUT2D eigenvalue weighted by atomic mass is 10.0. The minimum Gasteiger partial charge on any atom is -0.394 e. The zero-order chi connectivity index (χ0) is 14.0. The Morgan fingerprint density at radius 3 is 2.95 bits per heavy atom. The van der Waals surface area contributed by atoms with Crippen LogP contribution in [0.4, 0.5) is 10.1 Å². The molecule has 0 spiro atoms. The molecule has 1 aromatic rings. The maximum absolute atomic E-state index is 13.7. The fraction of sp³-hybridized carbons (Fsp3) is 0.571. The Labute approximate surface area is 113 Å². The smallest absolute Gasteiger partial charge is 0.126 e. The van der Waals surface area contributed by atoms with Crippen molar-refractivity contribution in [3.63, 3.8) is 0 Å². The van der Waals surface area contributed by atoms with E-state index in [9.17, 15) is 9.50 Å². The minimum atomic E-state index is -0.236. The van der Waals surface area contributed by atoms with Crippen LogP contribution in [0.5, 0.6) is 0 Å². The fourth-order valence-corrected chi connectivity index (χ4v) is 2.37. The standard InChI is InChI=1S/C14H21FN2O2/c1-9-5-14(12(10(2)16)6-13(9)15)17-3-4-19-11(7-17)8-18/h5-6,10-11,18H,3-4,7-8,16H2,1-2H3. The molecule has 1 aliphatic heterocycles. The van der Waals surface area contributed by atoms with Crippen molar-refractivity contribution in [2.45, 2.75) is 26.0 Å². The highest BCUT2D eigenvalue weighted by Gasteiger charge is 2.23. The highest BCUT2D eigenvalue weighted by Crippen LogP contribution is 2.29. The Balaban J connectivity index is 2.34. The van der Waals surface area contributed by atoms with E-state index in [1.807, 2.05) is 13.0 Å². The maximum Gasteiger partial charge on any atom is 0.126 e. The van der Waals surface area contributed by atoms with Crippen molar-refractivity contribution in [2.24, 2.45) is 5.73 Å². The molecule has 2 unspecified atom stereocenters. The number of aryl methyl sites for hydroxylation is 1. The second-order valence-electron chi connectivity index (χ2n) is 5.07. The van der Waals surface area contributed by atoms with Crippen molar-refractivity contribution in [3.8, 4) is 0 Å². The van der Waals surface area contributed by atoms with Crippen LogP contribution in [0.3, 0.4) is 0 Å². The number of hydrogen-bond donors (Lipinski definition) is 2. The van der Waals surface area contributed by atoms with Crippen molar-refractivity contribution in [2.75, 3.05) is 31.2 Å². The molecular formula is C14H21FN2O2. The lowest BCUT2D eigenvalue weighted by molar-refractivity contribution is 0.00351. The molecule has 0 bridgehead atoms. The van der Waals surface area contributed by atoms with Gasteiger partial charge in [-0.15, -0.1) is 0 Å². The summed E-state index contributed by atoms with van der Waals surface area (Å²) in [5.74, 6) is -0.233. The number of aliphatic hydroxyl groups excluding tert-OH is 1. The molecule has 1 saturated heterocycles. The van der Waals surface area contributed by atoms with Gasteiger partial charge in [-0.1, -0.05) is 0 Å². The van der Waals surface area contributed by atoms with Gasteiger partial charge in [0, 0.05) is 24.8 Å². The highest BCUT2D eigenvalue weighted by atomic mass is 19.1. The highest BCUT2D eigenvalue weighted by molar-refractivity contribution is 5.57. The molecule has 3 N–H and O–H groups in total. The summed E-state index contributed by atoms with van der Waals surface area (Å²) in [6.07, 6.45) is -0.194. The van der Waals surface area contributed by atoms with E-state index >= 15 is 0 Å². The quantitative estimate of drug-likeness (QED) is 0.869. The predicted molar refractivity (Wildman–Crippen MR) is 72.8 cm³/mol. The lowest BCUT2D eigenvalue weighted by Crippen LogP contribution is -2.44. The van der Waals surface area contributed by atoms with Gasteiger partial charge in [-0.25, -0.2) is 4.39 Å². The van der Waals surface area contributed by atoms with E-state index < -0.39 is 0 Å². The number of halogens is 1. The normalized spacial score (nSPS) is 21.5. The first-order valence-corrected chi connectivity index (χ1v) is 6.56. The first-order valence-electron chi connectivity index (χ1n) is 6.56. The van der Waals surface area contributed by atoms with Crippen LogP contribution in [0, 0.1) is 12.7 Å². The number of nitrogens with zero attached hydrogens (tertiary/aromatic N) is 1. The van der Waals surface area contributed by atoms with Gasteiger partial charge in [0.05, 0.1) is 19.3 Å². The summed E-state index contributed by atoms with van der Waals surface area (Å²) in [7, 11) is 0. The summed E-state index contributed by atoms with van der Waals surface area (Å²) in [6.45, 7) is 5.46. The van der Waals surface area contributed by atoms with Gasteiger partial charge in [-0.2, -0.15) is 0 Å². The van der Waals surface area contributed by atoms with Crippen LogP contribution in [-0.4, -0.2) is 37.5 Å². The fourth-order valence-electron chi connectivity index (χ4n) is 2.37. The third kappa shape index (κ3) is 3.05. The molecule has 0 radical (unpaired) electrons. The van der Waals surface area contributed by atoms with E-state index in [1.54, 1.807) is 6.92 Å². The Morgan fingerprint density at radius 1 is 1.58 bits per heavy atom. The van der Waals surface area contributed by atoms with Crippen molar-refractivity contribution >= 4 is 5.69 Å². The Morgan fingerprint density at radius 2 is 2.32 bits per heavy atom. The molecular weight excluding hydrogens is 247 g/mol. The van der Waals surface area contributed by atoms with Crippen LogP contribution in [0.15, 0.2) is 12.1 Å². The minimum absolute atomic E-state index is 0.00973. The summed E-state index contributed by atoms with van der Waals surface area (Å²) >= 11 is 0. The number of morpholine rings is 1. The second kappa shape index (κ2) is 5.86. The monoisotopic (exact) mass is 268 g/mol. The third-order valence-corrected chi connectivity index (χ3v) is 3.48. The summed E-state index contributed by atoms with van der Waals surface area (Å²) in [5.41, 5.74) is 8.27. The number of ether oxygens (including phenoxy) is 1. The molecule has 0 aromatic heterocycles. The van der Waals surface area contributed by atoms with Crippen LogP contribution in [0.1, 0.15) is 24.1 Å². The molecule has 1 aromatic carbocycles. The Hall–Kier alpha value is -1.17.